The molecule has 0 N–H and O–H groups in total. The molecule has 0 spiro atoms. The summed E-state index contributed by atoms with van der Waals surface area (Å²) in [6, 6.07) is 0.580. The van der Waals surface area contributed by atoms with Gasteiger partial charge in [-0.1, -0.05) is 11.6 Å². The molecule has 2 saturated heterocycles. The molecule has 1 aromatic heterocycles. The van der Waals surface area contributed by atoms with Crippen LogP contribution in [0.15, 0.2) is 0 Å². The second kappa shape index (κ2) is 6.42. The smallest absolute Gasteiger partial charge is 0.228 e. The predicted molar refractivity (Wildman–Crippen MR) is 91.6 cm³/mol. The average Bonchev–Trinajstić information content (AvgIpc) is 3.01. The Kier molecular flexibility index (Phi) is 4.30. The van der Waals surface area contributed by atoms with Gasteiger partial charge in [-0.05, 0) is 39.4 Å². The summed E-state index contributed by atoms with van der Waals surface area (Å²) in [4.78, 5) is 16.5. The van der Waals surface area contributed by atoms with Gasteiger partial charge in [-0.25, -0.2) is 4.98 Å². The molecule has 2 fully saturated rings. The molecule has 4 heterocycles. The van der Waals surface area contributed by atoms with Crippen LogP contribution in [0.2, 0.25) is 5.15 Å². The van der Waals surface area contributed by atoms with Crippen LogP contribution in [0.4, 0.5) is 11.8 Å². The molecule has 0 unspecified atom stereocenters. The number of ether oxygens (including phenoxy) is 1. The van der Waals surface area contributed by atoms with Gasteiger partial charge in [0.2, 0.25) is 5.95 Å². The van der Waals surface area contributed by atoms with E-state index in [9.17, 15) is 0 Å². The number of anilines is 2. The maximum absolute atomic E-state index is 6.48. The lowest BCUT2D eigenvalue weighted by Crippen LogP contribution is -2.43. The molecule has 23 heavy (non-hydrogen) atoms. The molecule has 0 bridgehead atoms. The van der Waals surface area contributed by atoms with Crippen LogP contribution in [0, 0.1) is 0 Å². The minimum absolute atomic E-state index is 0.580. The minimum Gasteiger partial charge on any atom is -0.378 e. The molecule has 0 radical (unpaired) electrons. The quantitative estimate of drug-likeness (QED) is 0.761. The third kappa shape index (κ3) is 2.99. The summed E-state index contributed by atoms with van der Waals surface area (Å²) >= 11 is 6.48. The van der Waals surface area contributed by atoms with E-state index in [1.807, 2.05) is 0 Å². The zero-order valence-electron chi connectivity index (χ0n) is 13.7. The van der Waals surface area contributed by atoms with Gasteiger partial charge in [0.05, 0.1) is 13.2 Å². The molecular formula is C16H24ClN5O. The van der Waals surface area contributed by atoms with Crippen molar-refractivity contribution in [2.24, 2.45) is 0 Å². The van der Waals surface area contributed by atoms with Crippen LogP contribution in [0.25, 0.3) is 0 Å². The standard InChI is InChI=1S/C16H24ClN5O/c1-20-5-2-12(3-6-20)22-7-4-13-14(17)18-16(19-15(13)22)21-8-10-23-11-9-21/h12H,2-11H2,1H3. The van der Waals surface area contributed by atoms with Gasteiger partial charge >= 0.3 is 0 Å². The summed E-state index contributed by atoms with van der Waals surface area (Å²) in [6.07, 6.45) is 3.36. The first-order chi connectivity index (χ1) is 11.2. The minimum atomic E-state index is 0.580. The Labute approximate surface area is 142 Å². The van der Waals surface area contributed by atoms with Crippen LogP contribution < -0.4 is 9.80 Å². The van der Waals surface area contributed by atoms with Gasteiger partial charge in [0.15, 0.2) is 0 Å². The second-order valence-corrected chi connectivity index (χ2v) is 7.05. The molecule has 7 heteroatoms. The predicted octanol–water partition coefficient (Wildman–Crippen LogP) is 1.42. The summed E-state index contributed by atoms with van der Waals surface area (Å²) < 4.78 is 5.43. The highest BCUT2D eigenvalue weighted by atomic mass is 35.5. The number of rotatable bonds is 2. The largest absolute Gasteiger partial charge is 0.378 e. The fraction of sp³-hybridized carbons (Fsp3) is 0.750. The van der Waals surface area contributed by atoms with Gasteiger partial charge in [-0.15, -0.1) is 0 Å². The van der Waals surface area contributed by atoms with Crippen molar-refractivity contribution in [1.82, 2.24) is 14.9 Å². The van der Waals surface area contributed by atoms with E-state index < -0.39 is 0 Å². The highest BCUT2D eigenvalue weighted by molar-refractivity contribution is 6.30. The van der Waals surface area contributed by atoms with E-state index in [0.717, 1.165) is 69.7 Å². The van der Waals surface area contributed by atoms with Crippen LogP contribution in [-0.4, -0.2) is 73.9 Å². The van der Waals surface area contributed by atoms with Crippen molar-refractivity contribution >= 4 is 23.4 Å². The highest BCUT2D eigenvalue weighted by Crippen LogP contribution is 2.35. The monoisotopic (exact) mass is 337 g/mol. The highest BCUT2D eigenvalue weighted by Gasteiger charge is 2.32. The van der Waals surface area contributed by atoms with E-state index in [1.165, 1.54) is 12.8 Å². The average molecular weight is 338 g/mol. The van der Waals surface area contributed by atoms with Gasteiger partial charge in [0.25, 0.3) is 0 Å². The van der Waals surface area contributed by atoms with Crippen LogP contribution in [0.5, 0.6) is 0 Å². The maximum atomic E-state index is 6.48. The Morgan fingerprint density at radius 1 is 1.04 bits per heavy atom. The summed E-state index contributed by atoms with van der Waals surface area (Å²) in [6.45, 7) is 6.47. The zero-order valence-corrected chi connectivity index (χ0v) is 14.4. The number of hydrogen-bond donors (Lipinski definition) is 0. The zero-order chi connectivity index (χ0) is 15.8. The maximum Gasteiger partial charge on any atom is 0.228 e. The molecule has 126 valence electrons. The number of likely N-dealkylation sites (tertiary alicyclic amines) is 1. The molecule has 6 nitrogen and oxygen atoms in total. The Bertz CT molecular complexity index is 570. The van der Waals surface area contributed by atoms with Crippen LogP contribution >= 0.6 is 11.6 Å². The van der Waals surface area contributed by atoms with Crippen molar-refractivity contribution < 1.29 is 4.74 Å². The number of hydrogen-bond acceptors (Lipinski definition) is 6. The molecule has 0 amide bonds. The van der Waals surface area contributed by atoms with Crippen molar-refractivity contribution in [3.05, 3.63) is 10.7 Å². The lowest BCUT2D eigenvalue weighted by Gasteiger charge is -2.36. The van der Waals surface area contributed by atoms with Gasteiger partial charge in [0, 0.05) is 31.2 Å². The van der Waals surface area contributed by atoms with Crippen LogP contribution in [0.3, 0.4) is 0 Å². The van der Waals surface area contributed by atoms with Gasteiger partial charge in [-0.3, -0.25) is 0 Å². The summed E-state index contributed by atoms with van der Waals surface area (Å²) in [5.41, 5.74) is 1.13. The van der Waals surface area contributed by atoms with Crippen molar-refractivity contribution in [2.45, 2.75) is 25.3 Å². The van der Waals surface area contributed by atoms with Gasteiger partial charge < -0.3 is 19.4 Å². The second-order valence-electron chi connectivity index (χ2n) is 6.69. The van der Waals surface area contributed by atoms with Crippen molar-refractivity contribution in [3.63, 3.8) is 0 Å². The Morgan fingerprint density at radius 3 is 2.52 bits per heavy atom. The molecule has 0 aromatic carbocycles. The topological polar surface area (TPSA) is 44.7 Å². The van der Waals surface area contributed by atoms with Gasteiger partial charge in [-0.2, -0.15) is 4.98 Å². The number of halogens is 1. The van der Waals surface area contributed by atoms with Crippen molar-refractivity contribution in [2.75, 3.05) is 62.8 Å². The van der Waals surface area contributed by atoms with Crippen LogP contribution in [0.1, 0.15) is 18.4 Å². The fourth-order valence-electron chi connectivity index (χ4n) is 3.79. The summed E-state index contributed by atoms with van der Waals surface area (Å²) in [7, 11) is 2.20. The van der Waals surface area contributed by atoms with E-state index in [4.69, 9.17) is 21.3 Å². The van der Waals surface area contributed by atoms with E-state index in [0.29, 0.717) is 11.2 Å². The normalized spacial score (nSPS) is 23.4. The van der Waals surface area contributed by atoms with E-state index in [2.05, 4.69) is 26.7 Å². The van der Waals surface area contributed by atoms with Gasteiger partial charge in [0.1, 0.15) is 11.0 Å². The first-order valence-electron chi connectivity index (χ1n) is 8.56. The van der Waals surface area contributed by atoms with Crippen molar-refractivity contribution in [1.29, 1.82) is 0 Å². The fourth-order valence-corrected chi connectivity index (χ4v) is 4.05. The molecule has 0 aliphatic carbocycles. The molecule has 3 aliphatic heterocycles. The Morgan fingerprint density at radius 2 is 1.78 bits per heavy atom. The van der Waals surface area contributed by atoms with E-state index in [-0.39, 0.29) is 0 Å². The Hall–Kier alpha value is -1.11. The first-order valence-corrected chi connectivity index (χ1v) is 8.94. The number of morpholine rings is 1. The molecule has 4 rings (SSSR count). The molecule has 0 saturated carbocycles. The molecule has 1 aromatic rings. The summed E-state index contributed by atoms with van der Waals surface area (Å²) in [5, 5.41) is 0.631. The van der Waals surface area contributed by atoms with Crippen molar-refractivity contribution in [3.8, 4) is 0 Å². The first kappa shape index (κ1) is 15.4. The Balaban J connectivity index is 1.60. The lowest BCUT2D eigenvalue weighted by molar-refractivity contribution is 0.122. The van der Waals surface area contributed by atoms with Crippen LogP contribution in [-0.2, 0) is 11.2 Å². The molecule has 3 aliphatic rings. The number of piperidine rings is 1. The molecule has 0 atom stereocenters. The third-order valence-corrected chi connectivity index (χ3v) is 5.53. The number of aromatic nitrogens is 2. The summed E-state index contributed by atoms with van der Waals surface area (Å²) in [5.74, 6) is 1.83. The number of fused-ring (bicyclic) bond motifs is 1. The lowest BCUT2D eigenvalue weighted by atomic mass is 10.0. The molecular weight excluding hydrogens is 314 g/mol. The van der Waals surface area contributed by atoms with E-state index in [1.54, 1.807) is 0 Å². The SMILES string of the molecule is CN1CCC(N2CCc3c(Cl)nc(N4CCOCC4)nc32)CC1. The van der Waals surface area contributed by atoms with E-state index >= 15 is 0 Å². The number of nitrogens with zero attached hydrogens (tertiary/aromatic N) is 5. The third-order valence-electron chi connectivity index (χ3n) is 5.22.